The van der Waals surface area contributed by atoms with E-state index in [9.17, 15) is 18.1 Å². The van der Waals surface area contributed by atoms with Crippen molar-refractivity contribution in [2.45, 2.75) is 129 Å². The standard InChI is InChI=1S/C21H44O4S.Na/c1-2-3-4-5-6-7-8-9-10-11-12-13-14-15-16-17-18-19-21(22)20-26(23,24)25;/h21-22H,2-20H2,1H3,(H,23,24,25);/q;+1/p-1. The molecule has 0 radical (unpaired) electrons. The Labute approximate surface area is 191 Å². The van der Waals surface area contributed by atoms with Gasteiger partial charge < -0.3 is 9.66 Å². The molecule has 1 atom stereocenters. The van der Waals surface area contributed by atoms with Gasteiger partial charge in [-0.2, -0.15) is 0 Å². The minimum Gasteiger partial charge on any atom is -0.748 e. The van der Waals surface area contributed by atoms with Crippen LogP contribution in [0.2, 0.25) is 0 Å². The molecular weight excluding hydrogens is 371 g/mol. The van der Waals surface area contributed by atoms with E-state index in [1.807, 2.05) is 0 Å². The fourth-order valence-corrected chi connectivity index (χ4v) is 4.06. The van der Waals surface area contributed by atoms with Gasteiger partial charge in [-0.15, -0.1) is 0 Å². The second-order valence-corrected chi connectivity index (χ2v) is 9.27. The zero-order valence-corrected chi connectivity index (χ0v) is 20.9. The van der Waals surface area contributed by atoms with Gasteiger partial charge in [0.25, 0.3) is 0 Å². The summed E-state index contributed by atoms with van der Waals surface area (Å²) >= 11 is 0. The van der Waals surface area contributed by atoms with Crippen LogP contribution in [-0.2, 0) is 10.1 Å². The summed E-state index contributed by atoms with van der Waals surface area (Å²) in [5, 5.41) is 9.43. The monoisotopic (exact) mass is 414 g/mol. The number of aliphatic hydroxyl groups excluding tert-OH is 1. The summed E-state index contributed by atoms with van der Waals surface area (Å²) in [6.45, 7) is 2.26. The molecule has 0 bridgehead atoms. The largest absolute Gasteiger partial charge is 1.00 e. The minimum absolute atomic E-state index is 0. The van der Waals surface area contributed by atoms with Crippen LogP contribution in [0.15, 0.2) is 0 Å². The average molecular weight is 415 g/mol. The molecular formula is C21H43NaO4S. The van der Waals surface area contributed by atoms with Crippen molar-refractivity contribution < 1.29 is 47.6 Å². The van der Waals surface area contributed by atoms with E-state index in [0.29, 0.717) is 6.42 Å². The summed E-state index contributed by atoms with van der Waals surface area (Å²) < 4.78 is 31.5. The van der Waals surface area contributed by atoms with Crippen LogP contribution in [-0.4, -0.2) is 29.9 Å². The molecule has 0 aliphatic carbocycles. The van der Waals surface area contributed by atoms with E-state index in [2.05, 4.69) is 6.92 Å². The molecule has 0 aliphatic rings. The van der Waals surface area contributed by atoms with Gasteiger partial charge in [-0.3, -0.25) is 0 Å². The summed E-state index contributed by atoms with van der Waals surface area (Å²) in [5.74, 6) is -0.647. The van der Waals surface area contributed by atoms with Crippen LogP contribution in [0.5, 0.6) is 0 Å². The summed E-state index contributed by atoms with van der Waals surface area (Å²) in [5.41, 5.74) is 0. The van der Waals surface area contributed by atoms with Crippen molar-refractivity contribution in [3.8, 4) is 0 Å². The summed E-state index contributed by atoms with van der Waals surface area (Å²) in [6, 6.07) is 0. The van der Waals surface area contributed by atoms with Gasteiger partial charge in [-0.25, -0.2) is 8.42 Å². The molecule has 27 heavy (non-hydrogen) atoms. The third kappa shape index (κ3) is 26.9. The van der Waals surface area contributed by atoms with Crippen molar-refractivity contribution in [2.75, 3.05) is 5.75 Å². The smallest absolute Gasteiger partial charge is 0.748 e. The number of hydrogen-bond acceptors (Lipinski definition) is 4. The number of hydrogen-bond donors (Lipinski definition) is 1. The van der Waals surface area contributed by atoms with Crippen LogP contribution in [0.4, 0.5) is 0 Å². The average Bonchev–Trinajstić information content (AvgIpc) is 2.56. The summed E-state index contributed by atoms with van der Waals surface area (Å²) in [7, 11) is -4.30. The molecule has 0 aromatic rings. The van der Waals surface area contributed by atoms with Gasteiger partial charge in [-0.1, -0.05) is 116 Å². The SMILES string of the molecule is CCCCCCCCCCCCCCCCCCCC(O)CS(=O)(=O)[O-].[Na+]. The molecule has 0 aliphatic heterocycles. The molecule has 0 heterocycles. The molecule has 158 valence electrons. The molecule has 1 unspecified atom stereocenters. The van der Waals surface area contributed by atoms with Gasteiger partial charge in [0, 0.05) is 0 Å². The Hall–Kier alpha value is 0.870. The van der Waals surface area contributed by atoms with Crippen LogP contribution >= 0.6 is 0 Å². The topological polar surface area (TPSA) is 77.4 Å². The predicted octanol–water partition coefficient (Wildman–Crippen LogP) is 2.94. The first kappa shape index (κ1) is 30.1. The van der Waals surface area contributed by atoms with Crippen molar-refractivity contribution >= 4 is 10.1 Å². The molecule has 0 spiro atoms. The molecule has 1 N–H and O–H groups in total. The van der Waals surface area contributed by atoms with Gasteiger partial charge in [0.1, 0.15) is 0 Å². The Morgan fingerprint density at radius 2 is 0.963 bits per heavy atom. The molecule has 0 saturated carbocycles. The predicted molar refractivity (Wildman–Crippen MR) is 109 cm³/mol. The fourth-order valence-electron chi connectivity index (χ4n) is 3.42. The van der Waals surface area contributed by atoms with E-state index in [-0.39, 0.29) is 29.6 Å². The van der Waals surface area contributed by atoms with E-state index < -0.39 is 22.0 Å². The normalized spacial score (nSPS) is 12.7. The van der Waals surface area contributed by atoms with E-state index >= 15 is 0 Å². The molecule has 0 aromatic carbocycles. The third-order valence-corrected chi connectivity index (χ3v) is 5.83. The van der Waals surface area contributed by atoms with Crippen LogP contribution < -0.4 is 29.6 Å². The Balaban J connectivity index is 0. The molecule has 0 amide bonds. The molecule has 0 rings (SSSR count). The van der Waals surface area contributed by atoms with E-state index in [1.54, 1.807) is 0 Å². The number of aliphatic hydroxyl groups is 1. The minimum atomic E-state index is -4.30. The zero-order chi connectivity index (χ0) is 19.5. The van der Waals surface area contributed by atoms with Gasteiger partial charge in [0.15, 0.2) is 0 Å². The summed E-state index contributed by atoms with van der Waals surface area (Å²) in [6.07, 6.45) is 21.5. The van der Waals surface area contributed by atoms with Crippen LogP contribution in [0.25, 0.3) is 0 Å². The van der Waals surface area contributed by atoms with Gasteiger partial charge in [-0.05, 0) is 6.42 Å². The Morgan fingerprint density at radius 1 is 0.667 bits per heavy atom. The first-order valence-electron chi connectivity index (χ1n) is 11.1. The molecule has 0 saturated heterocycles. The number of rotatable bonds is 20. The second kappa shape index (κ2) is 21.6. The maximum absolute atomic E-state index is 10.5. The Kier molecular flexibility index (Phi) is 24.0. The van der Waals surface area contributed by atoms with Gasteiger partial charge in [0.2, 0.25) is 0 Å². The van der Waals surface area contributed by atoms with Crippen molar-refractivity contribution in [2.24, 2.45) is 0 Å². The van der Waals surface area contributed by atoms with Crippen LogP contribution in [0, 0.1) is 0 Å². The first-order chi connectivity index (χ1) is 12.5. The van der Waals surface area contributed by atoms with Gasteiger partial charge in [0.05, 0.1) is 22.0 Å². The first-order valence-corrected chi connectivity index (χ1v) is 12.6. The Bertz CT molecular complexity index is 388. The van der Waals surface area contributed by atoms with Crippen LogP contribution in [0.1, 0.15) is 122 Å². The van der Waals surface area contributed by atoms with Gasteiger partial charge >= 0.3 is 29.6 Å². The molecule has 0 aromatic heterocycles. The zero-order valence-electron chi connectivity index (χ0n) is 18.1. The number of unbranched alkanes of at least 4 members (excludes halogenated alkanes) is 16. The second-order valence-electron chi connectivity index (χ2n) is 7.82. The van der Waals surface area contributed by atoms with Crippen molar-refractivity contribution in [1.29, 1.82) is 0 Å². The maximum Gasteiger partial charge on any atom is 1.00 e. The summed E-state index contributed by atoms with van der Waals surface area (Å²) in [4.78, 5) is 0. The quantitative estimate of drug-likeness (QED) is 0.189. The Morgan fingerprint density at radius 3 is 1.26 bits per heavy atom. The van der Waals surface area contributed by atoms with Crippen molar-refractivity contribution in [3.05, 3.63) is 0 Å². The van der Waals surface area contributed by atoms with Crippen LogP contribution in [0.3, 0.4) is 0 Å². The van der Waals surface area contributed by atoms with E-state index in [1.165, 1.54) is 89.9 Å². The van der Waals surface area contributed by atoms with Crippen molar-refractivity contribution in [3.63, 3.8) is 0 Å². The molecule has 0 fully saturated rings. The third-order valence-electron chi connectivity index (χ3n) is 5.04. The fraction of sp³-hybridized carbons (Fsp3) is 1.00. The maximum atomic E-state index is 10.5. The van der Waals surface area contributed by atoms with E-state index in [4.69, 9.17) is 0 Å². The van der Waals surface area contributed by atoms with Crippen molar-refractivity contribution in [1.82, 2.24) is 0 Å². The van der Waals surface area contributed by atoms with E-state index in [0.717, 1.165) is 19.3 Å². The molecule has 4 nitrogen and oxygen atoms in total. The molecule has 6 heteroatoms.